The van der Waals surface area contributed by atoms with Crippen molar-refractivity contribution >= 4 is 43.5 Å². The van der Waals surface area contributed by atoms with E-state index in [0.29, 0.717) is 15.6 Å². The first-order chi connectivity index (χ1) is 7.34. The SMILES string of the molecule is Cc1c(C(=O)Cl)cc(C[SH](=O)=O)c(Br)c1C. The van der Waals surface area contributed by atoms with Gasteiger partial charge < -0.3 is 0 Å². The van der Waals surface area contributed by atoms with Gasteiger partial charge in [0, 0.05) is 10.0 Å². The molecule has 0 aromatic heterocycles. The van der Waals surface area contributed by atoms with E-state index in [9.17, 15) is 13.2 Å². The van der Waals surface area contributed by atoms with Gasteiger partial charge in [-0.25, -0.2) is 8.42 Å². The molecule has 0 aliphatic carbocycles. The molecule has 0 aliphatic heterocycles. The van der Waals surface area contributed by atoms with Crippen LogP contribution < -0.4 is 0 Å². The molecule has 0 fully saturated rings. The van der Waals surface area contributed by atoms with E-state index in [-0.39, 0.29) is 5.75 Å². The molecular weight excluding hydrogens is 316 g/mol. The van der Waals surface area contributed by atoms with Crippen LogP contribution in [0.15, 0.2) is 10.5 Å². The third kappa shape index (κ3) is 2.84. The van der Waals surface area contributed by atoms with Crippen molar-refractivity contribution in [1.82, 2.24) is 0 Å². The van der Waals surface area contributed by atoms with Crippen LogP contribution in [0.4, 0.5) is 0 Å². The first-order valence-corrected chi connectivity index (χ1v) is 6.98. The highest BCUT2D eigenvalue weighted by Crippen LogP contribution is 2.28. The normalized spacial score (nSPS) is 10.8. The van der Waals surface area contributed by atoms with Crippen molar-refractivity contribution < 1.29 is 13.2 Å². The van der Waals surface area contributed by atoms with Gasteiger partial charge in [0.05, 0.1) is 5.75 Å². The summed E-state index contributed by atoms with van der Waals surface area (Å²) in [5, 5.41) is -0.574. The van der Waals surface area contributed by atoms with Crippen LogP contribution in [0.1, 0.15) is 27.0 Å². The summed E-state index contributed by atoms with van der Waals surface area (Å²) in [5.41, 5.74) is 2.51. The summed E-state index contributed by atoms with van der Waals surface area (Å²) in [6.07, 6.45) is 0. The number of rotatable bonds is 3. The molecule has 0 spiro atoms. The summed E-state index contributed by atoms with van der Waals surface area (Å²) in [7, 11) is -2.53. The third-order valence-electron chi connectivity index (χ3n) is 2.41. The van der Waals surface area contributed by atoms with Gasteiger partial charge in [-0.1, -0.05) is 15.9 Å². The summed E-state index contributed by atoms with van der Waals surface area (Å²) in [4.78, 5) is 11.2. The van der Waals surface area contributed by atoms with E-state index in [2.05, 4.69) is 15.9 Å². The second kappa shape index (κ2) is 5.29. The summed E-state index contributed by atoms with van der Waals surface area (Å²) < 4.78 is 22.1. The van der Waals surface area contributed by atoms with Crippen LogP contribution in [-0.2, 0) is 16.5 Å². The Bertz CT molecular complexity index is 515. The van der Waals surface area contributed by atoms with Crippen molar-refractivity contribution in [3.63, 3.8) is 0 Å². The zero-order valence-electron chi connectivity index (χ0n) is 8.71. The fourth-order valence-electron chi connectivity index (χ4n) is 1.41. The molecule has 0 bridgehead atoms. The molecule has 1 rings (SSSR count). The van der Waals surface area contributed by atoms with Crippen LogP contribution >= 0.6 is 27.5 Å². The highest BCUT2D eigenvalue weighted by atomic mass is 79.9. The van der Waals surface area contributed by atoms with Crippen molar-refractivity contribution in [2.45, 2.75) is 19.6 Å². The molecule has 0 heterocycles. The summed E-state index contributed by atoms with van der Waals surface area (Å²) in [6, 6.07) is 1.52. The third-order valence-corrected chi connectivity index (χ3v) is 4.31. The highest BCUT2D eigenvalue weighted by molar-refractivity contribution is 9.10. The minimum absolute atomic E-state index is 0.103. The molecule has 0 N–H and O–H groups in total. The average molecular weight is 326 g/mol. The van der Waals surface area contributed by atoms with Gasteiger partial charge >= 0.3 is 0 Å². The Labute approximate surface area is 109 Å². The molecule has 6 heteroatoms. The van der Waals surface area contributed by atoms with Gasteiger partial charge in [0.1, 0.15) is 10.7 Å². The molecule has 88 valence electrons. The van der Waals surface area contributed by atoms with Crippen molar-refractivity contribution in [2.75, 3.05) is 0 Å². The van der Waals surface area contributed by atoms with Gasteiger partial charge in [0.2, 0.25) is 0 Å². The monoisotopic (exact) mass is 324 g/mol. The molecule has 3 nitrogen and oxygen atoms in total. The van der Waals surface area contributed by atoms with Crippen LogP contribution in [0.3, 0.4) is 0 Å². The van der Waals surface area contributed by atoms with Crippen LogP contribution in [0, 0.1) is 13.8 Å². The average Bonchev–Trinajstić information content (AvgIpc) is 2.18. The number of hydrogen-bond acceptors (Lipinski definition) is 3. The molecular formula is C10H10BrClO3S. The van der Waals surface area contributed by atoms with Crippen LogP contribution in [0.2, 0.25) is 0 Å². The Morgan fingerprint density at radius 2 is 1.94 bits per heavy atom. The van der Waals surface area contributed by atoms with Crippen molar-refractivity contribution in [1.29, 1.82) is 0 Å². The predicted octanol–water partition coefficient (Wildman–Crippen LogP) is 2.56. The summed E-state index contributed by atoms with van der Waals surface area (Å²) in [6.45, 7) is 3.58. The maximum Gasteiger partial charge on any atom is 0.252 e. The topological polar surface area (TPSA) is 51.2 Å². The lowest BCUT2D eigenvalue weighted by molar-refractivity contribution is 0.108. The van der Waals surface area contributed by atoms with Gasteiger partial charge in [0.15, 0.2) is 0 Å². The molecule has 0 saturated heterocycles. The van der Waals surface area contributed by atoms with E-state index in [1.165, 1.54) is 6.07 Å². The lowest BCUT2D eigenvalue weighted by atomic mass is 10.0. The maximum atomic E-state index is 11.2. The number of hydrogen-bond donors (Lipinski definition) is 1. The van der Waals surface area contributed by atoms with E-state index in [1.807, 2.05) is 6.92 Å². The van der Waals surface area contributed by atoms with E-state index in [0.717, 1.165) is 11.1 Å². The Morgan fingerprint density at radius 3 is 2.38 bits per heavy atom. The maximum absolute atomic E-state index is 11.2. The van der Waals surface area contributed by atoms with Crippen LogP contribution in [0.25, 0.3) is 0 Å². The number of thiol groups is 1. The van der Waals surface area contributed by atoms with Gasteiger partial charge in [-0.05, 0) is 48.2 Å². The number of carbonyl (C=O) groups excluding carboxylic acids is 1. The second-order valence-electron chi connectivity index (χ2n) is 3.41. The van der Waals surface area contributed by atoms with Gasteiger partial charge in [-0.15, -0.1) is 0 Å². The fourth-order valence-corrected chi connectivity index (χ4v) is 2.90. The fraction of sp³-hybridized carbons (Fsp3) is 0.300. The number of benzene rings is 1. The molecule has 1 aromatic rings. The highest BCUT2D eigenvalue weighted by Gasteiger charge is 2.14. The smallest absolute Gasteiger partial charge is 0.252 e. The molecule has 0 atom stereocenters. The molecule has 1 aromatic carbocycles. The Balaban J connectivity index is 3.46. The zero-order valence-corrected chi connectivity index (χ0v) is 11.9. The van der Waals surface area contributed by atoms with Gasteiger partial charge in [-0.3, -0.25) is 4.79 Å². The molecule has 0 amide bonds. The van der Waals surface area contributed by atoms with Crippen molar-refractivity contribution in [3.8, 4) is 0 Å². The van der Waals surface area contributed by atoms with Gasteiger partial charge in [-0.2, -0.15) is 0 Å². The lowest BCUT2D eigenvalue weighted by Crippen LogP contribution is -2.01. The van der Waals surface area contributed by atoms with E-state index in [1.54, 1.807) is 6.92 Å². The summed E-state index contributed by atoms with van der Waals surface area (Å²) >= 11 is 8.76. The van der Waals surface area contributed by atoms with Crippen LogP contribution in [-0.4, -0.2) is 13.7 Å². The number of halogens is 2. The summed E-state index contributed by atoms with van der Waals surface area (Å²) in [5.74, 6) is -0.103. The van der Waals surface area contributed by atoms with Crippen molar-refractivity contribution in [3.05, 3.63) is 32.8 Å². The number of carbonyl (C=O) groups is 1. The minimum atomic E-state index is -2.53. The first kappa shape index (κ1) is 13.7. The molecule has 16 heavy (non-hydrogen) atoms. The quantitative estimate of drug-likeness (QED) is 0.686. The van der Waals surface area contributed by atoms with Gasteiger partial charge in [0.25, 0.3) is 5.24 Å². The molecule has 0 unspecified atom stereocenters. The van der Waals surface area contributed by atoms with E-state index >= 15 is 0 Å². The minimum Gasteiger partial charge on any atom is -0.276 e. The molecule has 0 radical (unpaired) electrons. The molecule has 0 aliphatic rings. The van der Waals surface area contributed by atoms with Crippen molar-refractivity contribution in [2.24, 2.45) is 0 Å². The van der Waals surface area contributed by atoms with E-state index < -0.39 is 15.9 Å². The second-order valence-corrected chi connectivity index (χ2v) is 5.53. The zero-order chi connectivity index (χ0) is 12.5. The standard InChI is InChI=1S/C10H10BrClO3S/c1-5-6(2)9(11)7(4-16(14)15)3-8(5)10(12)13/h3,16H,4H2,1-2H3. The van der Waals surface area contributed by atoms with E-state index in [4.69, 9.17) is 11.6 Å². The predicted molar refractivity (Wildman–Crippen MR) is 67.8 cm³/mol. The Morgan fingerprint density at radius 1 is 1.38 bits per heavy atom. The Hall–Kier alpha value is -0.390. The first-order valence-electron chi connectivity index (χ1n) is 4.44. The lowest BCUT2D eigenvalue weighted by Gasteiger charge is -2.11. The Kier molecular flexibility index (Phi) is 4.52. The van der Waals surface area contributed by atoms with Crippen LogP contribution in [0.5, 0.6) is 0 Å². The molecule has 0 saturated carbocycles. The largest absolute Gasteiger partial charge is 0.276 e.